The van der Waals surface area contributed by atoms with Gasteiger partial charge in [-0.2, -0.15) is 0 Å². The number of carbonyl (C=O) groups is 1. The molecule has 3 heterocycles. The van der Waals surface area contributed by atoms with E-state index in [2.05, 4.69) is 20.7 Å². The van der Waals surface area contributed by atoms with E-state index in [4.69, 9.17) is 0 Å². The summed E-state index contributed by atoms with van der Waals surface area (Å²) in [6.07, 6.45) is 3.45. The maximum Gasteiger partial charge on any atom is 0.264 e. The van der Waals surface area contributed by atoms with Crippen molar-refractivity contribution in [2.45, 2.75) is 6.92 Å². The number of fused-ring (bicyclic) bond motifs is 3. The number of amides is 1. The molecule has 1 aliphatic rings. The predicted octanol–water partition coefficient (Wildman–Crippen LogP) is 3.43. The molecular weight excluding hydrogens is 366 g/mol. The van der Waals surface area contributed by atoms with Gasteiger partial charge in [-0.1, -0.05) is 6.07 Å². The average Bonchev–Trinajstić information content (AvgIpc) is 3.24. The molecule has 0 bridgehead atoms. The van der Waals surface area contributed by atoms with Crippen LogP contribution < -0.4 is 16.2 Å². The highest BCUT2D eigenvalue weighted by Crippen LogP contribution is 2.37. The summed E-state index contributed by atoms with van der Waals surface area (Å²) in [4.78, 5) is 28.4. The Morgan fingerprint density at radius 1 is 1.07 bits per heavy atom. The third kappa shape index (κ3) is 2.89. The highest BCUT2D eigenvalue weighted by Gasteiger charge is 2.26. The molecule has 0 unspecified atom stereocenters. The van der Waals surface area contributed by atoms with Crippen LogP contribution in [0.2, 0.25) is 0 Å². The van der Waals surface area contributed by atoms with Crippen LogP contribution in [0.3, 0.4) is 0 Å². The largest absolute Gasteiger partial charge is 0.361 e. The molecule has 0 spiro atoms. The maximum atomic E-state index is 12.5. The van der Waals surface area contributed by atoms with Crippen LogP contribution in [-0.4, -0.2) is 20.7 Å². The van der Waals surface area contributed by atoms with Crippen LogP contribution in [0.4, 0.5) is 11.4 Å². The summed E-state index contributed by atoms with van der Waals surface area (Å²) in [6.45, 7) is 1.86. The van der Waals surface area contributed by atoms with Gasteiger partial charge in [0.1, 0.15) is 0 Å². The van der Waals surface area contributed by atoms with Gasteiger partial charge >= 0.3 is 0 Å². The topological polar surface area (TPSA) is 91.8 Å². The molecule has 0 aliphatic carbocycles. The summed E-state index contributed by atoms with van der Waals surface area (Å²) >= 11 is 0. The molecule has 1 amide bonds. The van der Waals surface area contributed by atoms with Gasteiger partial charge in [0.2, 0.25) is 0 Å². The molecule has 5 rings (SSSR count). The van der Waals surface area contributed by atoms with E-state index in [0.29, 0.717) is 5.57 Å². The Bertz CT molecular complexity index is 1350. The van der Waals surface area contributed by atoms with Crippen molar-refractivity contribution in [3.8, 4) is 5.69 Å². The predicted molar refractivity (Wildman–Crippen MR) is 113 cm³/mol. The SMILES string of the molecule is Cc1cc(=O)[nH]n1-c1ccc(N/C=C2\C(=O)Nc3ccc4ncccc4c32)cc1. The fourth-order valence-corrected chi connectivity index (χ4v) is 3.60. The molecule has 7 nitrogen and oxygen atoms in total. The van der Waals surface area contributed by atoms with Crippen molar-refractivity contribution in [1.82, 2.24) is 14.8 Å². The van der Waals surface area contributed by atoms with Crippen LogP contribution in [0.15, 0.2) is 71.8 Å². The van der Waals surface area contributed by atoms with Gasteiger partial charge in [-0.25, -0.2) is 0 Å². The molecule has 3 N–H and O–H groups in total. The molecule has 0 atom stereocenters. The second-order valence-electron chi connectivity index (χ2n) is 6.86. The Balaban J connectivity index is 1.47. The van der Waals surface area contributed by atoms with Crippen LogP contribution in [0.1, 0.15) is 11.3 Å². The van der Waals surface area contributed by atoms with Gasteiger partial charge in [0, 0.05) is 46.5 Å². The number of benzene rings is 2. The van der Waals surface area contributed by atoms with Crippen LogP contribution >= 0.6 is 0 Å². The second kappa shape index (κ2) is 6.49. The van der Waals surface area contributed by atoms with Crippen molar-refractivity contribution < 1.29 is 4.79 Å². The van der Waals surface area contributed by atoms with E-state index in [1.807, 2.05) is 55.5 Å². The van der Waals surface area contributed by atoms with E-state index in [0.717, 1.165) is 39.2 Å². The highest BCUT2D eigenvalue weighted by molar-refractivity contribution is 6.34. The maximum absolute atomic E-state index is 12.5. The van der Waals surface area contributed by atoms with E-state index < -0.39 is 0 Å². The first-order valence-electron chi connectivity index (χ1n) is 9.15. The Kier molecular flexibility index (Phi) is 3.80. The Morgan fingerprint density at radius 2 is 1.90 bits per heavy atom. The van der Waals surface area contributed by atoms with Gasteiger partial charge in [0.05, 0.1) is 16.8 Å². The normalized spacial score (nSPS) is 14.2. The number of nitrogens with one attached hydrogen (secondary N) is 3. The smallest absolute Gasteiger partial charge is 0.264 e. The lowest BCUT2D eigenvalue weighted by Crippen LogP contribution is -2.05. The molecule has 4 aromatic rings. The van der Waals surface area contributed by atoms with Gasteiger partial charge in [-0.3, -0.25) is 24.4 Å². The zero-order valence-corrected chi connectivity index (χ0v) is 15.6. The van der Waals surface area contributed by atoms with E-state index in [1.54, 1.807) is 23.1 Å². The Labute approximate surface area is 165 Å². The van der Waals surface area contributed by atoms with Gasteiger partial charge < -0.3 is 10.6 Å². The number of aromatic nitrogens is 3. The molecule has 0 saturated carbocycles. The van der Waals surface area contributed by atoms with Gasteiger partial charge in [0.15, 0.2) is 0 Å². The summed E-state index contributed by atoms with van der Waals surface area (Å²) in [5.41, 5.74) is 5.41. The third-order valence-electron chi connectivity index (χ3n) is 4.97. The molecule has 7 heteroatoms. The first-order valence-corrected chi connectivity index (χ1v) is 9.15. The molecule has 0 radical (unpaired) electrons. The van der Waals surface area contributed by atoms with E-state index >= 15 is 0 Å². The minimum atomic E-state index is -0.152. The fourth-order valence-electron chi connectivity index (χ4n) is 3.60. The molecule has 29 heavy (non-hydrogen) atoms. The molecule has 0 fully saturated rings. The van der Waals surface area contributed by atoms with Crippen molar-refractivity contribution in [1.29, 1.82) is 0 Å². The summed E-state index contributed by atoms with van der Waals surface area (Å²) < 4.78 is 1.73. The van der Waals surface area contributed by atoms with Gasteiger partial charge in [0.25, 0.3) is 11.5 Å². The van der Waals surface area contributed by atoms with Crippen LogP contribution in [0, 0.1) is 6.92 Å². The number of anilines is 2. The monoisotopic (exact) mass is 383 g/mol. The highest BCUT2D eigenvalue weighted by atomic mass is 16.2. The quantitative estimate of drug-likeness (QED) is 0.473. The van der Waals surface area contributed by atoms with Crippen molar-refractivity contribution in [2.75, 3.05) is 10.6 Å². The van der Waals surface area contributed by atoms with Crippen LogP contribution in [-0.2, 0) is 4.79 Å². The number of rotatable bonds is 3. The minimum absolute atomic E-state index is 0.137. The number of nitrogens with zero attached hydrogens (tertiary/aromatic N) is 2. The summed E-state index contributed by atoms with van der Waals surface area (Å²) in [5.74, 6) is -0.152. The zero-order chi connectivity index (χ0) is 20.0. The Hall–Kier alpha value is -4.13. The van der Waals surface area contributed by atoms with Crippen LogP contribution in [0.5, 0.6) is 0 Å². The van der Waals surface area contributed by atoms with Crippen molar-refractivity contribution in [3.63, 3.8) is 0 Å². The lowest BCUT2D eigenvalue weighted by Gasteiger charge is -2.08. The number of hydrogen-bond acceptors (Lipinski definition) is 4. The second-order valence-corrected chi connectivity index (χ2v) is 6.86. The number of carbonyl (C=O) groups excluding carboxylic acids is 1. The first kappa shape index (κ1) is 17.0. The minimum Gasteiger partial charge on any atom is -0.361 e. The number of pyridine rings is 1. The molecule has 142 valence electrons. The van der Waals surface area contributed by atoms with Gasteiger partial charge in [-0.15, -0.1) is 0 Å². The van der Waals surface area contributed by atoms with E-state index in [1.165, 1.54) is 0 Å². The standard InChI is InChI=1S/C22H17N5O2/c1-13-11-20(28)26-27(13)15-6-4-14(5-7-15)24-12-17-21-16-3-2-10-23-18(16)8-9-19(21)25-22(17)29/h2-12,24H,1H3,(H,25,29)(H,26,28)/b17-12-. The number of H-pyrrole nitrogens is 1. The lowest BCUT2D eigenvalue weighted by atomic mass is 10.0. The molecule has 2 aromatic heterocycles. The molecule has 2 aromatic carbocycles. The fraction of sp³-hybridized carbons (Fsp3) is 0.0455. The summed E-state index contributed by atoms with van der Waals surface area (Å²) in [5, 5.41) is 9.79. The van der Waals surface area contributed by atoms with Crippen LogP contribution in [0.25, 0.3) is 22.2 Å². The Morgan fingerprint density at radius 3 is 2.66 bits per heavy atom. The lowest BCUT2D eigenvalue weighted by molar-refractivity contribution is -0.110. The summed E-state index contributed by atoms with van der Waals surface area (Å²) in [7, 11) is 0. The third-order valence-corrected chi connectivity index (χ3v) is 4.97. The number of hydrogen-bond donors (Lipinski definition) is 3. The van der Waals surface area contributed by atoms with Crippen molar-refractivity contribution >= 4 is 33.8 Å². The molecule has 0 saturated heterocycles. The summed E-state index contributed by atoms with van der Waals surface area (Å²) in [6, 6.07) is 16.7. The molecule has 1 aliphatic heterocycles. The molecular formula is C22H17N5O2. The first-order chi connectivity index (χ1) is 14.1. The number of aryl methyl sites for hydroxylation is 1. The van der Waals surface area contributed by atoms with E-state index in [-0.39, 0.29) is 11.5 Å². The van der Waals surface area contributed by atoms with E-state index in [9.17, 15) is 9.59 Å². The van der Waals surface area contributed by atoms with Crippen molar-refractivity contribution in [3.05, 3.63) is 88.6 Å². The number of aromatic amines is 1. The zero-order valence-electron chi connectivity index (χ0n) is 15.6. The van der Waals surface area contributed by atoms with Gasteiger partial charge in [-0.05, 0) is 49.4 Å². The average molecular weight is 383 g/mol. The van der Waals surface area contributed by atoms with Crippen molar-refractivity contribution in [2.24, 2.45) is 0 Å².